The number of rotatable bonds is 10. The largest absolute Gasteiger partial charge is 0.355 e. The third kappa shape index (κ3) is 6.59. The van der Waals surface area contributed by atoms with Crippen LogP contribution in [0.4, 0.5) is 0 Å². The molecule has 0 aromatic rings. The Morgan fingerprint density at radius 1 is 1.11 bits per heavy atom. The highest BCUT2D eigenvalue weighted by Gasteiger charge is 2.32. The van der Waals surface area contributed by atoms with Crippen LogP contribution in [0.2, 0.25) is 0 Å². The normalized spacial score (nSPS) is 20.2. The van der Waals surface area contributed by atoms with E-state index in [4.69, 9.17) is 6.21 Å². The molecule has 10 heteroatoms. The van der Waals surface area contributed by atoms with Crippen molar-refractivity contribution in [1.82, 2.24) is 20.6 Å². The first-order valence-electron chi connectivity index (χ1n) is 10.2. The molecule has 1 atom stereocenters. The molecule has 2 fully saturated rings. The first kappa shape index (κ1) is 20.2. The van der Waals surface area contributed by atoms with Crippen molar-refractivity contribution in [2.75, 3.05) is 26.2 Å². The Kier molecular flexibility index (Phi) is 7.77. The van der Waals surface area contributed by atoms with Crippen LogP contribution in [0.5, 0.6) is 0 Å². The van der Waals surface area contributed by atoms with Crippen molar-refractivity contribution < 1.29 is 30.2 Å². The fourth-order valence-electron chi connectivity index (χ4n) is 3.18. The highest BCUT2D eigenvalue weighted by atomic mass is 16.8. The molecule has 28 heavy (non-hydrogen) atoms. The van der Waals surface area contributed by atoms with E-state index < -0.39 is 17.8 Å². The van der Waals surface area contributed by atoms with Gasteiger partial charge in [0.2, 0.25) is 11.8 Å². The van der Waals surface area contributed by atoms with Crippen LogP contribution in [0, 0.1) is 0 Å². The third-order valence-electron chi connectivity index (χ3n) is 4.70. The number of likely N-dealkylation sites (tertiary alicyclic amines) is 1. The smallest absolute Gasteiger partial charge is 0.334 e. The van der Waals surface area contributed by atoms with E-state index >= 15 is 0 Å². The van der Waals surface area contributed by atoms with Gasteiger partial charge in [-0.25, -0.2) is 4.79 Å². The fraction of sp³-hybridized carbons (Fsp3) is 0.722. The molecule has 2 saturated heterocycles. The summed E-state index contributed by atoms with van der Waals surface area (Å²) in [5, 5.41) is 5.69. The minimum atomic E-state index is -0.782. The molecule has 0 aromatic carbocycles. The molecule has 2 aliphatic rings. The highest BCUT2D eigenvalue weighted by molar-refractivity contribution is 6.01. The molecular formula is C18H28N4O6. The van der Waals surface area contributed by atoms with Gasteiger partial charge in [-0.1, -0.05) is 6.90 Å². The lowest BCUT2D eigenvalue weighted by Gasteiger charge is -2.22. The molecule has 0 aliphatic carbocycles. The zero-order valence-electron chi connectivity index (χ0n) is 16.9. The maximum Gasteiger partial charge on any atom is 0.334 e. The lowest BCUT2D eigenvalue weighted by Crippen LogP contribution is -2.40. The van der Waals surface area contributed by atoms with Gasteiger partial charge in [0.1, 0.15) is 0 Å². The predicted molar refractivity (Wildman–Crippen MR) is 97.3 cm³/mol. The molecule has 0 bridgehead atoms. The van der Waals surface area contributed by atoms with Crippen molar-refractivity contribution in [1.29, 1.82) is 0 Å². The summed E-state index contributed by atoms with van der Waals surface area (Å²) < 4.78 is 7.32. The first-order chi connectivity index (χ1) is 13.9. The predicted octanol–water partition coefficient (Wildman–Crippen LogP) is -0.519. The SMILES string of the molecule is [2H]C[13CH2][13CH]1[13CH2][13CH2][13CH2][15N]1C[13C](=O)NCCC(=O)[15NH]CC[13C](=O)ON1C(=O)CCC1=O. The van der Waals surface area contributed by atoms with Crippen LogP contribution in [0.25, 0.3) is 0 Å². The number of hydrogen-bond donors (Lipinski definition) is 2. The molecule has 10 nitrogen and oxygen atoms in total. The summed E-state index contributed by atoms with van der Waals surface area (Å²) in [5.41, 5.74) is 0. The number of nitrogens with one attached hydrogen (secondary N) is 2. The molecule has 2 aliphatic heterocycles. The molecule has 2 heterocycles. The second-order valence-corrected chi connectivity index (χ2v) is 6.80. The molecule has 156 valence electrons. The Balaban J connectivity index is 1.54. The third-order valence-corrected chi connectivity index (χ3v) is 4.70. The Labute approximate surface area is 165 Å². The van der Waals surface area contributed by atoms with Crippen molar-refractivity contribution in [3.05, 3.63) is 0 Å². The Hall–Kier alpha value is -2.49. The average Bonchev–Trinajstić information content (AvgIpc) is 3.23. The Morgan fingerprint density at radius 2 is 1.79 bits per heavy atom. The molecule has 0 spiro atoms. The summed E-state index contributed by atoms with van der Waals surface area (Å²) >= 11 is 0. The number of amides is 4. The minimum absolute atomic E-state index is 0.00438. The maximum absolute atomic E-state index is 12.0. The molecule has 4 amide bonds. The monoisotopic (exact) mass is 406 g/mol. The van der Waals surface area contributed by atoms with E-state index in [-0.39, 0.29) is 63.2 Å². The van der Waals surface area contributed by atoms with Crippen LogP contribution < -0.4 is 10.6 Å². The Morgan fingerprint density at radius 3 is 2.50 bits per heavy atom. The van der Waals surface area contributed by atoms with Gasteiger partial charge >= 0.3 is 5.97 Å². The van der Waals surface area contributed by atoms with Crippen LogP contribution in [0.15, 0.2) is 0 Å². The Bertz CT molecular complexity index is 628. The van der Waals surface area contributed by atoms with Crippen molar-refractivity contribution >= 4 is 29.6 Å². The minimum Gasteiger partial charge on any atom is -0.355 e. The first-order valence-corrected chi connectivity index (χ1v) is 9.54. The maximum atomic E-state index is 12.0. The van der Waals surface area contributed by atoms with Crippen LogP contribution in [-0.2, 0) is 28.8 Å². The lowest BCUT2D eigenvalue weighted by atomic mass is 10.4. The second-order valence-electron chi connectivity index (χ2n) is 6.80. The molecule has 2 rings (SSSR count). The highest BCUT2D eigenvalue weighted by Crippen LogP contribution is 2.18. The van der Waals surface area contributed by atoms with Crippen molar-refractivity contribution in [3.63, 3.8) is 0 Å². The van der Waals surface area contributed by atoms with E-state index in [9.17, 15) is 24.0 Å². The number of carbonyl (C=O) groups is 5. The van der Waals surface area contributed by atoms with Crippen LogP contribution >= 0.6 is 0 Å². The number of imide groups is 1. The van der Waals surface area contributed by atoms with E-state index in [0.29, 0.717) is 12.0 Å². The zero-order valence-corrected chi connectivity index (χ0v) is 15.9. The van der Waals surface area contributed by atoms with Gasteiger partial charge in [-0.3, -0.25) is 24.1 Å². The molecular weight excluding hydrogens is 377 g/mol. The van der Waals surface area contributed by atoms with Gasteiger partial charge in [0, 0.05) is 39.8 Å². The molecule has 0 radical (unpaired) electrons. The molecule has 2 N–H and O–H groups in total. The van der Waals surface area contributed by atoms with Gasteiger partial charge < -0.3 is 15.5 Å². The average molecular weight is 406 g/mol. The summed E-state index contributed by atoms with van der Waals surface area (Å²) in [4.78, 5) is 64.9. The van der Waals surface area contributed by atoms with E-state index in [1.54, 1.807) is 0 Å². The van der Waals surface area contributed by atoms with Crippen molar-refractivity contribution in [2.45, 2.75) is 57.9 Å². The number of hydroxylamine groups is 2. The molecule has 0 saturated carbocycles. The van der Waals surface area contributed by atoms with Gasteiger partial charge in [0.25, 0.3) is 11.8 Å². The van der Waals surface area contributed by atoms with Crippen LogP contribution in [0.3, 0.4) is 0 Å². The summed E-state index contributed by atoms with van der Waals surface area (Å²) in [6.45, 7) is 1.66. The summed E-state index contributed by atoms with van der Waals surface area (Å²) in [7, 11) is 0. The number of nitrogens with zero attached hydrogens (tertiary/aromatic N) is 2. The molecule has 1 unspecified atom stereocenters. The van der Waals surface area contributed by atoms with E-state index in [1.807, 2.05) is 0 Å². The topological polar surface area (TPSA) is 125 Å². The number of hydrogen-bond acceptors (Lipinski definition) is 7. The summed E-state index contributed by atoms with van der Waals surface area (Å²) in [6.07, 6.45) is 2.74. The standard InChI is InChI=1S/C18H28N4O6/c1-2-13-4-3-11-21(13)12-15(24)20-9-7-14(23)19-10-8-18(27)28-22-16(25)5-6-17(22)26/h13H,2-12H2,1H3,(H,19,23)(H,20,24)/i1D,2+1,3+1,4+1,11+1,13+1,15+1,18+1,19+1,21+1. The van der Waals surface area contributed by atoms with Crippen molar-refractivity contribution in [2.24, 2.45) is 0 Å². The van der Waals surface area contributed by atoms with Crippen molar-refractivity contribution in [3.8, 4) is 0 Å². The van der Waals surface area contributed by atoms with E-state index in [2.05, 4.69) is 15.5 Å². The zero-order chi connectivity index (χ0) is 21.2. The van der Waals surface area contributed by atoms with E-state index in [1.165, 1.54) is 0 Å². The van der Waals surface area contributed by atoms with E-state index in [0.717, 1.165) is 25.8 Å². The van der Waals surface area contributed by atoms with Gasteiger partial charge in [-0.2, -0.15) is 0 Å². The van der Waals surface area contributed by atoms with Gasteiger partial charge in [0.15, 0.2) is 0 Å². The van der Waals surface area contributed by atoms with Crippen LogP contribution in [0.1, 0.15) is 53.2 Å². The van der Waals surface area contributed by atoms with Crippen LogP contribution in [-0.4, -0.2) is 71.8 Å². The fourth-order valence-corrected chi connectivity index (χ4v) is 3.18. The second kappa shape index (κ2) is 10.7. The van der Waals surface area contributed by atoms with Gasteiger partial charge in [-0.15, -0.1) is 5.06 Å². The summed E-state index contributed by atoms with van der Waals surface area (Å²) in [6, 6.07) is 0.285. The number of carbonyl (C=O) groups excluding carboxylic acids is 5. The summed E-state index contributed by atoms with van der Waals surface area (Å²) in [5.74, 6) is -2.38. The van der Waals surface area contributed by atoms with Gasteiger partial charge in [-0.05, 0) is 25.8 Å². The van der Waals surface area contributed by atoms with Gasteiger partial charge in [0.05, 0.1) is 13.0 Å². The lowest BCUT2D eigenvalue weighted by molar-refractivity contribution is -0.197. The quantitative estimate of drug-likeness (QED) is 0.284. The molecule has 0 aromatic heterocycles.